The molecule has 0 unspecified atom stereocenters. The minimum atomic E-state index is 0.0149. The normalized spacial score (nSPS) is 12.6. The first-order valence-corrected chi connectivity index (χ1v) is 6.94. The predicted molar refractivity (Wildman–Crippen MR) is 79.6 cm³/mol. The van der Waals surface area contributed by atoms with Gasteiger partial charge in [0.05, 0.1) is 5.88 Å². The second-order valence-corrected chi connectivity index (χ2v) is 6.08. The van der Waals surface area contributed by atoms with Crippen LogP contribution in [0.3, 0.4) is 0 Å². The van der Waals surface area contributed by atoms with Gasteiger partial charge < -0.3 is 9.47 Å². The number of halogens is 1. The van der Waals surface area contributed by atoms with Gasteiger partial charge in [0.1, 0.15) is 11.3 Å². The van der Waals surface area contributed by atoms with E-state index in [1.165, 1.54) is 0 Å². The zero-order chi connectivity index (χ0) is 14.2. The average molecular weight is 281 g/mol. The first kappa shape index (κ1) is 14.3. The van der Waals surface area contributed by atoms with Gasteiger partial charge in [0.15, 0.2) is 5.65 Å². The van der Waals surface area contributed by atoms with Crippen LogP contribution in [0, 0.1) is 6.92 Å². The molecule has 2 heterocycles. The summed E-state index contributed by atoms with van der Waals surface area (Å²) in [4.78, 5) is 11.3. The van der Waals surface area contributed by atoms with Crippen LogP contribution in [0.5, 0.6) is 0 Å². The van der Waals surface area contributed by atoms with Gasteiger partial charge in [0.25, 0.3) is 0 Å². The lowest BCUT2D eigenvalue weighted by Crippen LogP contribution is -2.42. The smallest absolute Gasteiger partial charge is 0.160 e. The highest BCUT2D eigenvalue weighted by molar-refractivity contribution is 6.16. The van der Waals surface area contributed by atoms with Gasteiger partial charge in [-0.05, 0) is 46.5 Å². The standard InChI is InChI=1S/C14H21ClN4/c1-10-6-11-13(16-8-10)19(12(7-15)17-11)9-14(2,3)18(4)5/h6,8H,7,9H2,1-5H3. The third-order valence-corrected chi connectivity index (χ3v) is 3.91. The topological polar surface area (TPSA) is 34.0 Å². The van der Waals surface area contributed by atoms with Crippen LogP contribution in [0.2, 0.25) is 0 Å². The molecule has 2 aromatic heterocycles. The molecule has 19 heavy (non-hydrogen) atoms. The van der Waals surface area contributed by atoms with Crippen molar-refractivity contribution in [2.75, 3.05) is 14.1 Å². The zero-order valence-corrected chi connectivity index (χ0v) is 13.0. The van der Waals surface area contributed by atoms with Crippen LogP contribution in [0.15, 0.2) is 12.3 Å². The maximum atomic E-state index is 6.03. The molecular formula is C14H21ClN4. The van der Waals surface area contributed by atoms with Crippen molar-refractivity contribution in [3.8, 4) is 0 Å². The third kappa shape index (κ3) is 2.74. The molecule has 104 valence electrons. The molecule has 2 aromatic rings. The SMILES string of the molecule is Cc1cnc2c(c1)nc(CCl)n2CC(C)(C)N(C)C. The molecule has 5 heteroatoms. The van der Waals surface area contributed by atoms with Crippen LogP contribution >= 0.6 is 11.6 Å². The Balaban J connectivity index is 2.52. The van der Waals surface area contributed by atoms with Gasteiger partial charge in [0, 0.05) is 18.3 Å². The molecule has 0 radical (unpaired) electrons. The van der Waals surface area contributed by atoms with E-state index in [4.69, 9.17) is 11.6 Å². The lowest BCUT2D eigenvalue weighted by Gasteiger charge is -2.33. The van der Waals surface area contributed by atoms with E-state index in [1.54, 1.807) is 0 Å². The Bertz CT molecular complexity index is 586. The van der Waals surface area contributed by atoms with Crippen molar-refractivity contribution in [2.24, 2.45) is 0 Å². The summed E-state index contributed by atoms with van der Waals surface area (Å²) in [5, 5.41) is 0. The van der Waals surface area contributed by atoms with Crippen LogP contribution in [0.4, 0.5) is 0 Å². The molecule has 0 bridgehead atoms. The molecule has 0 amide bonds. The van der Waals surface area contributed by atoms with Gasteiger partial charge in [-0.15, -0.1) is 11.6 Å². The monoisotopic (exact) mass is 280 g/mol. The summed E-state index contributed by atoms with van der Waals surface area (Å²) < 4.78 is 2.13. The number of imidazole rings is 1. The van der Waals surface area contributed by atoms with Crippen molar-refractivity contribution in [1.29, 1.82) is 0 Å². The van der Waals surface area contributed by atoms with Crippen molar-refractivity contribution in [3.63, 3.8) is 0 Å². The number of likely N-dealkylation sites (N-methyl/N-ethyl adjacent to an activating group) is 1. The first-order chi connectivity index (χ1) is 8.85. The van der Waals surface area contributed by atoms with Gasteiger partial charge in [-0.3, -0.25) is 0 Å². The largest absolute Gasteiger partial charge is 0.310 e. The molecule has 0 aliphatic carbocycles. The summed E-state index contributed by atoms with van der Waals surface area (Å²) in [5.74, 6) is 1.28. The van der Waals surface area contributed by atoms with Crippen molar-refractivity contribution in [1.82, 2.24) is 19.4 Å². The molecule has 0 spiro atoms. The van der Waals surface area contributed by atoms with Gasteiger partial charge in [-0.2, -0.15) is 0 Å². The lowest BCUT2D eigenvalue weighted by atomic mass is 10.0. The van der Waals surface area contributed by atoms with Crippen LogP contribution in [0.1, 0.15) is 25.2 Å². The second-order valence-electron chi connectivity index (χ2n) is 5.81. The van der Waals surface area contributed by atoms with Crippen molar-refractivity contribution in [3.05, 3.63) is 23.7 Å². The number of fused-ring (bicyclic) bond motifs is 1. The number of hydrogen-bond acceptors (Lipinski definition) is 3. The van der Waals surface area contributed by atoms with E-state index in [9.17, 15) is 0 Å². The zero-order valence-electron chi connectivity index (χ0n) is 12.2. The number of pyridine rings is 1. The Hall–Kier alpha value is -1.13. The molecule has 0 aromatic carbocycles. The predicted octanol–water partition coefficient (Wildman–Crippen LogP) is 2.82. The Morgan fingerprint density at radius 3 is 2.63 bits per heavy atom. The number of alkyl halides is 1. The van der Waals surface area contributed by atoms with Crippen molar-refractivity contribution < 1.29 is 0 Å². The molecule has 0 fully saturated rings. The van der Waals surface area contributed by atoms with Crippen molar-refractivity contribution in [2.45, 2.75) is 38.7 Å². The van der Waals surface area contributed by atoms with Crippen molar-refractivity contribution >= 4 is 22.8 Å². The molecule has 0 atom stereocenters. The fraction of sp³-hybridized carbons (Fsp3) is 0.571. The molecule has 2 rings (SSSR count). The fourth-order valence-electron chi connectivity index (χ4n) is 1.95. The quantitative estimate of drug-likeness (QED) is 0.808. The fourth-order valence-corrected chi connectivity index (χ4v) is 2.16. The van der Waals surface area contributed by atoms with Gasteiger partial charge in [-0.1, -0.05) is 0 Å². The highest BCUT2D eigenvalue weighted by Crippen LogP contribution is 2.21. The summed E-state index contributed by atoms with van der Waals surface area (Å²) in [6.45, 7) is 7.24. The maximum Gasteiger partial charge on any atom is 0.160 e. The van der Waals surface area contributed by atoms with E-state index in [2.05, 4.69) is 53.4 Å². The van der Waals surface area contributed by atoms with E-state index in [0.29, 0.717) is 5.88 Å². The summed E-state index contributed by atoms with van der Waals surface area (Å²) in [7, 11) is 4.16. The molecular weight excluding hydrogens is 260 g/mol. The summed E-state index contributed by atoms with van der Waals surface area (Å²) in [5.41, 5.74) is 2.97. The van der Waals surface area contributed by atoms with Crippen LogP contribution < -0.4 is 0 Å². The summed E-state index contributed by atoms with van der Waals surface area (Å²) >= 11 is 6.03. The Morgan fingerprint density at radius 1 is 1.37 bits per heavy atom. The molecule has 0 saturated carbocycles. The van der Waals surface area contributed by atoms with E-state index >= 15 is 0 Å². The molecule has 0 N–H and O–H groups in total. The molecule has 0 aliphatic rings. The van der Waals surface area contributed by atoms with E-state index in [0.717, 1.165) is 29.1 Å². The van der Waals surface area contributed by atoms with E-state index in [1.807, 2.05) is 13.1 Å². The van der Waals surface area contributed by atoms with Crippen LogP contribution in [0.25, 0.3) is 11.2 Å². The Morgan fingerprint density at radius 2 is 2.05 bits per heavy atom. The van der Waals surface area contributed by atoms with E-state index in [-0.39, 0.29) is 5.54 Å². The number of rotatable bonds is 4. The highest BCUT2D eigenvalue weighted by Gasteiger charge is 2.24. The first-order valence-electron chi connectivity index (χ1n) is 6.40. The maximum absolute atomic E-state index is 6.03. The van der Waals surface area contributed by atoms with Gasteiger partial charge in [0.2, 0.25) is 0 Å². The van der Waals surface area contributed by atoms with Crippen LogP contribution in [-0.2, 0) is 12.4 Å². The van der Waals surface area contributed by atoms with Crippen LogP contribution in [-0.4, -0.2) is 39.1 Å². The number of aryl methyl sites for hydroxylation is 1. The number of hydrogen-bond donors (Lipinski definition) is 0. The molecule has 4 nitrogen and oxygen atoms in total. The highest BCUT2D eigenvalue weighted by atomic mass is 35.5. The second kappa shape index (κ2) is 5.10. The lowest BCUT2D eigenvalue weighted by molar-refractivity contribution is 0.170. The molecule has 0 saturated heterocycles. The van der Waals surface area contributed by atoms with Gasteiger partial charge >= 0.3 is 0 Å². The van der Waals surface area contributed by atoms with Gasteiger partial charge in [-0.25, -0.2) is 9.97 Å². The minimum Gasteiger partial charge on any atom is -0.310 e. The van der Waals surface area contributed by atoms with E-state index < -0.39 is 0 Å². The molecule has 0 aliphatic heterocycles. The third-order valence-electron chi connectivity index (χ3n) is 3.68. The number of aromatic nitrogens is 3. The minimum absolute atomic E-state index is 0.0149. The Labute approximate surface area is 119 Å². The summed E-state index contributed by atoms with van der Waals surface area (Å²) in [6, 6.07) is 2.05. The number of nitrogens with zero attached hydrogens (tertiary/aromatic N) is 4. The summed E-state index contributed by atoms with van der Waals surface area (Å²) in [6.07, 6.45) is 1.88. The Kier molecular flexibility index (Phi) is 3.83. The average Bonchev–Trinajstić information content (AvgIpc) is 2.65.